The van der Waals surface area contributed by atoms with Crippen LogP contribution in [-0.4, -0.2) is 35.1 Å². The van der Waals surface area contributed by atoms with Gasteiger partial charge in [-0.15, -0.1) is 0 Å². The number of benzene rings is 2. The summed E-state index contributed by atoms with van der Waals surface area (Å²) in [6, 6.07) is 9.18. The predicted octanol–water partition coefficient (Wildman–Crippen LogP) is 3.58. The van der Waals surface area contributed by atoms with Gasteiger partial charge in [-0.2, -0.15) is 0 Å². The molecule has 3 rings (SSSR count). The van der Waals surface area contributed by atoms with E-state index in [1.165, 1.54) is 12.1 Å². The molecule has 0 spiro atoms. The number of anilines is 2. The number of fused-ring (bicyclic) bond motifs is 1. The SMILES string of the molecule is CCC(=O)Nc1cccc(NC(=O)CN2C(=O)c3cc(Cl)c(Cl)cc3C2=O)c1. The molecule has 0 radical (unpaired) electrons. The third-order valence-electron chi connectivity index (χ3n) is 4.06. The van der Waals surface area contributed by atoms with Crippen LogP contribution in [0.25, 0.3) is 0 Å². The molecular formula is C19H15Cl2N3O4. The Labute approximate surface area is 170 Å². The maximum absolute atomic E-state index is 12.4. The van der Waals surface area contributed by atoms with Crippen LogP contribution in [0.3, 0.4) is 0 Å². The van der Waals surface area contributed by atoms with Gasteiger partial charge < -0.3 is 10.6 Å². The molecule has 0 saturated carbocycles. The van der Waals surface area contributed by atoms with Gasteiger partial charge in [-0.1, -0.05) is 36.2 Å². The Bertz CT molecular complexity index is 966. The first-order valence-electron chi connectivity index (χ1n) is 8.35. The standard InChI is InChI=1S/C19H15Cl2N3O4/c1-2-16(25)22-10-4-3-5-11(6-10)23-17(26)9-24-18(27)12-7-14(20)15(21)8-13(12)19(24)28/h3-8H,2,9H2,1H3,(H,22,25)(H,23,26). The number of hydrogen-bond donors (Lipinski definition) is 2. The largest absolute Gasteiger partial charge is 0.326 e. The van der Waals surface area contributed by atoms with E-state index in [-0.39, 0.29) is 27.1 Å². The molecule has 0 fully saturated rings. The number of carbonyl (C=O) groups excluding carboxylic acids is 4. The van der Waals surface area contributed by atoms with Gasteiger partial charge in [-0.05, 0) is 30.3 Å². The van der Waals surface area contributed by atoms with Crippen LogP contribution in [0.1, 0.15) is 34.1 Å². The minimum absolute atomic E-state index is 0.108. The molecule has 0 bridgehead atoms. The third kappa shape index (κ3) is 4.00. The van der Waals surface area contributed by atoms with Crippen molar-refractivity contribution in [2.75, 3.05) is 17.2 Å². The summed E-state index contributed by atoms with van der Waals surface area (Å²) in [5.74, 6) is -1.95. The van der Waals surface area contributed by atoms with Crippen LogP contribution < -0.4 is 10.6 Å². The summed E-state index contributed by atoms with van der Waals surface area (Å²) in [7, 11) is 0. The molecule has 4 amide bonds. The Kier molecular flexibility index (Phi) is 5.67. The fourth-order valence-electron chi connectivity index (χ4n) is 2.70. The van der Waals surface area contributed by atoms with Crippen LogP contribution in [0.15, 0.2) is 36.4 Å². The van der Waals surface area contributed by atoms with E-state index >= 15 is 0 Å². The highest BCUT2D eigenvalue weighted by Gasteiger charge is 2.37. The summed E-state index contributed by atoms with van der Waals surface area (Å²) in [4.78, 5) is 49.5. The van der Waals surface area contributed by atoms with Gasteiger partial charge in [-0.3, -0.25) is 24.1 Å². The molecule has 1 heterocycles. The van der Waals surface area contributed by atoms with Crippen LogP contribution >= 0.6 is 23.2 Å². The lowest BCUT2D eigenvalue weighted by Crippen LogP contribution is -2.37. The van der Waals surface area contributed by atoms with Crippen molar-refractivity contribution in [2.24, 2.45) is 0 Å². The number of hydrogen-bond acceptors (Lipinski definition) is 4. The molecule has 2 aromatic carbocycles. The zero-order chi connectivity index (χ0) is 20.4. The molecular weight excluding hydrogens is 405 g/mol. The maximum Gasteiger partial charge on any atom is 0.262 e. The Balaban J connectivity index is 1.71. The topological polar surface area (TPSA) is 95.6 Å². The van der Waals surface area contributed by atoms with Gasteiger partial charge in [0, 0.05) is 17.8 Å². The van der Waals surface area contributed by atoms with E-state index in [1.807, 2.05) is 0 Å². The lowest BCUT2D eigenvalue weighted by atomic mass is 10.1. The van der Waals surface area contributed by atoms with Crippen molar-refractivity contribution < 1.29 is 19.2 Å². The second-order valence-electron chi connectivity index (χ2n) is 6.04. The molecule has 9 heteroatoms. The maximum atomic E-state index is 12.4. The monoisotopic (exact) mass is 419 g/mol. The van der Waals surface area contributed by atoms with Crippen molar-refractivity contribution in [1.82, 2.24) is 4.90 Å². The average Bonchev–Trinajstić information content (AvgIpc) is 2.87. The van der Waals surface area contributed by atoms with Crippen LogP contribution in [0.2, 0.25) is 10.0 Å². The first-order valence-corrected chi connectivity index (χ1v) is 9.10. The van der Waals surface area contributed by atoms with Gasteiger partial charge in [0.25, 0.3) is 11.8 Å². The number of halogens is 2. The number of amides is 4. The van der Waals surface area contributed by atoms with Crippen LogP contribution in [0, 0.1) is 0 Å². The molecule has 144 valence electrons. The van der Waals surface area contributed by atoms with Crippen molar-refractivity contribution in [2.45, 2.75) is 13.3 Å². The van der Waals surface area contributed by atoms with E-state index in [1.54, 1.807) is 31.2 Å². The Morgan fingerprint density at radius 3 is 1.89 bits per heavy atom. The molecule has 1 aliphatic heterocycles. The van der Waals surface area contributed by atoms with Crippen molar-refractivity contribution in [1.29, 1.82) is 0 Å². The number of nitrogens with zero attached hydrogens (tertiary/aromatic N) is 1. The number of imide groups is 1. The molecule has 0 aliphatic carbocycles. The normalized spacial score (nSPS) is 12.8. The highest BCUT2D eigenvalue weighted by Crippen LogP contribution is 2.31. The molecule has 0 unspecified atom stereocenters. The minimum atomic E-state index is -0.613. The molecule has 7 nitrogen and oxygen atoms in total. The molecule has 28 heavy (non-hydrogen) atoms. The summed E-state index contributed by atoms with van der Waals surface area (Å²) < 4.78 is 0. The second-order valence-corrected chi connectivity index (χ2v) is 6.85. The Morgan fingerprint density at radius 2 is 1.39 bits per heavy atom. The van der Waals surface area contributed by atoms with Gasteiger partial charge in [-0.25, -0.2) is 0 Å². The van der Waals surface area contributed by atoms with Gasteiger partial charge >= 0.3 is 0 Å². The molecule has 2 N–H and O–H groups in total. The predicted molar refractivity (Wildman–Crippen MR) is 106 cm³/mol. The molecule has 0 saturated heterocycles. The van der Waals surface area contributed by atoms with Crippen molar-refractivity contribution in [3.05, 3.63) is 57.6 Å². The van der Waals surface area contributed by atoms with Crippen LogP contribution in [0.5, 0.6) is 0 Å². The van der Waals surface area contributed by atoms with E-state index in [0.29, 0.717) is 17.8 Å². The van der Waals surface area contributed by atoms with Crippen molar-refractivity contribution in [3.8, 4) is 0 Å². The van der Waals surface area contributed by atoms with E-state index in [0.717, 1.165) is 4.90 Å². The summed E-state index contributed by atoms with van der Waals surface area (Å²) >= 11 is 11.8. The zero-order valence-electron chi connectivity index (χ0n) is 14.7. The second kappa shape index (κ2) is 8.00. The first kappa shape index (κ1) is 19.9. The first-order chi connectivity index (χ1) is 13.3. The lowest BCUT2D eigenvalue weighted by molar-refractivity contribution is -0.117. The Morgan fingerprint density at radius 1 is 0.893 bits per heavy atom. The van der Waals surface area contributed by atoms with E-state index in [4.69, 9.17) is 23.2 Å². The fourth-order valence-corrected chi connectivity index (χ4v) is 3.02. The van der Waals surface area contributed by atoms with Crippen molar-refractivity contribution in [3.63, 3.8) is 0 Å². The number of nitrogens with one attached hydrogen (secondary N) is 2. The van der Waals surface area contributed by atoms with Crippen LogP contribution in [0.4, 0.5) is 11.4 Å². The van der Waals surface area contributed by atoms with Crippen molar-refractivity contribution >= 4 is 58.2 Å². The quantitative estimate of drug-likeness (QED) is 0.723. The number of rotatable bonds is 5. The Hall–Kier alpha value is -2.90. The fraction of sp³-hybridized carbons (Fsp3) is 0.158. The lowest BCUT2D eigenvalue weighted by Gasteiger charge is -2.14. The highest BCUT2D eigenvalue weighted by atomic mass is 35.5. The van der Waals surface area contributed by atoms with Gasteiger partial charge in [0.15, 0.2) is 0 Å². The zero-order valence-corrected chi connectivity index (χ0v) is 16.2. The van der Waals surface area contributed by atoms with Gasteiger partial charge in [0.1, 0.15) is 6.54 Å². The van der Waals surface area contributed by atoms with E-state index in [2.05, 4.69) is 10.6 Å². The van der Waals surface area contributed by atoms with E-state index in [9.17, 15) is 19.2 Å². The van der Waals surface area contributed by atoms with Gasteiger partial charge in [0.05, 0.1) is 21.2 Å². The summed E-state index contributed by atoms with van der Waals surface area (Å²) in [6.07, 6.45) is 0.324. The molecule has 1 aliphatic rings. The average molecular weight is 420 g/mol. The third-order valence-corrected chi connectivity index (χ3v) is 4.79. The minimum Gasteiger partial charge on any atom is -0.326 e. The van der Waals surface area contributed by atoms with Gasteiger partial charge in [0.2, 0.25) is 11.8 Å². The number of carbonyl (C=O) groups is 4. The van der Waals surface area contributed by atoms with E-state index < -0.39 is 24.3 Å². The summed E-state index contributed by atoms with van der Waals surface area (Å²) in [5.41, 5.74) is 1.16. The smallest absolute Gasteiger partial charge is 0.262 e. The molecule has 0 aromatic heterocycles. The highest BCUT2D eigenvalue weighted by molar-refractivity contribution is 6.43. The summed E-state index contributed by atoms with van der Waals surface area (Å²) in [6.45, 7) is 1.26. The summed E-state index contributed by atoms with van der Waals surface area (Å²) in [5, 5.41) is 5.59. The molecule has 2 aromatic rings. The van der Waals surface area contributed by atoms with Crippen LogP contribution in [-0.2, 0) is 9.59 Å². The molecule has 0 atom stereocenters.